The number of rotatable bonds is 7. The molecule has 7 nitrogen and oxygen atoms in total. The van der Waals surface area contributed by atoms with Gasteiger partial charge in [0.25, 0.3) is 5.91 Å². The number of hydrogen-bond acceptors (Lipinski definition) is 5. The highest BCUT2D eigenvalue weighted by Gasteiger charge is 2.26. The third-order valence-corrected chi connectivity index (χ3v) is 4.98. The molecule has 0 saturated carbocycles. The zero-order valence-corrected chi connectivity index (χ0v) is 17.2. The van der Waals surface area contributed by atoms with Crippen LogP contribution in [0.5, 0.6) is 5.88 Å². The molecule has 1 aromatic carbocycles. The van der Waals surface area contributed by atoms with Gasteiger partial charge in [0.2, 0.25) is 11.8 Å². The summed E-state index contributed by atoms with van der Waals surface area (Å²) in [5.41, 5.74) is 1.27. The minimum absolute atomic E-state index is 0.0252. The van der Waals surface area contributed by atoms with Crippen LogP contribution < -0.4 is 10.1 Å². The fourth-order valence-electron chi connectivity index (χ4n) is 3.12. The first-order valence-electron chi connectivity index (χ1n) is 9.68. The van der Waals surface area contributed by atoms with E-state index < -0.39 is 0 Å². The van der Waals surface area contributed by atoms with E-state index in [1.165, 1.54) is 0 Å². The molecule has 0 bridgehead atoms. The average Bonchev–Trinajstić information content (AvgIpc) is 2.75. The molecule has 0 spiro atoms. The molecule has 2 aromatic rings. The lowest BCUT2D eigenvalue weighted by molar-refractivity contribution is -0.122. The zero-order valence-electron chi connectivity index (χ0n) is 16.4. The molecule has 1 aliphatic rings. The van der Waals surface area contributed by atoms with Crippen molar-refractivity contribution >= 4 is 23.4 Å². The third-order valence-electron chi connectivity index (χ3n) is 4.67. The normalized spacial score (nSPS) is 14.5. The number of ether oxygens (including phenoxy) is 1. The van der Waals surface area contributed by atoms with E-state index >= 15 is 0 Å². The Labute approximate surface area is 175 Å². The number of carbonyl (C=O) groups excluding carboxylic acids is 2. The highest BCUT2D eigenvalue weighted by Crippen LogP contribution is 2.20. The summed E-state index contributed by atoms with van der Waals surface area (Å²) in [5, 5.41) is 3.24. The monoisotopic (exact) mass is 416 g/mol. The lowest BCUT2D eigenvalue weighted by Crippen LogP contribution is -2.51. The van der Waals surface area contributed by atoms with Crippen LogP contribution in [0, 0.1) is 0 Å². The molecule has 0 aliphatic carbocycles. The summed E-state index contributed by atoms with van der Waals surface area (Å²) in [7, 11) is 0. The highest BCUT2D eigenvalue weighted by atomic mass is 35.5. The van der Waals surface area contributed by atoms with Crippen LogP contribution >= 0.6 is 11.6 Å². The fourth-order valence-corrected chi connectivity index (χ4v) is 3.30. The Hall–Kier alpha value is -2.64. The quantitative estimate of drug-likeness (QED) is 0.749. The molecule has 1 fully saturated rings. The Balaban J connectivity index is 1.48. The molecule has 2 amide bonds. The Kier molecular flexibility index (Phi) is 7.43. The summed E-state index contributed by atoms with van der Waals surface area (Å²) in [4.78, 5) is 33.0. The highest BCUT2D eigenvalue weighted by molar-refractivity contribution is 6.33. The predicted octanol–water partition coefficient (Wildman–Crippen LogP) is 2.21. The van der Waals surface area contributed by atoms with Crippen LogP contribution in [0.3, 0.4) is 0 Å². The van der Waals surface area contributed by atoms with Gasteiger partial charge >= 0.3 is 0 Å². The number of benzene rings is 1. The molecule has 1 aliphatic heterocycles. The maximum atomic E-state index is 12.8. The van der Waals surface area contributed by atoms with Crippen molar-refractivity contribution in [1.29, 1.82) is 0 Å². The number of nitrogens with zero attached hydrogens (tertiary/aromatic N) is 3. The largest absolute Gasteiger partial charge is 0.478 e. The third kappa shape index (κ3) is 5.92. The lowest BCUT2D eigenvalue weighted by Gasteiger charge is -2.34. The Bertz CT molecular complexity index is 839. The van der Waals surface area contributed by atoms with Gasteiger partial charge in [-0.05, 0) is 18.6 Å². The molecular weight excluding hydrogens is 392 g/mol. The summed E-state index contributed by atoms with van der Waals surface area (Å²) in [6.45, 7) is 5.41. The van der Waals surface area contributed by atoms with E-state index in [9.17, 15) is 9.59 Å². The van der Waals surface area contributed by atoms with Crippen molar-refractivity contribution in [2.24, 2.45) is 0 Å². The van der Waals surface area contributed by atoms with Crippen LogP contribution in [0.1, 0.15) is 23.0 Å². The summed E-state index contributed by atoms with van der Waals surface area (Å²) < 4.78 is 5.36. The molecule has 1 saturated heterocycles. The number of piperazine rings is 1. The number of hydrogen-bond donors (Lipinski definition) is 1. The van der Waals surface area contributed by atoms with Gasteiger partial charge in [0.05, 0.1) is 18.2 Å². The van der Waals surface area contributed by atoms with Crippen LogP contribution in [0.25, 0.3) is 0 Å². The molecular formula is C21H25ClN4O3. The predicted molar refractivity (Wildman–Crippen MR) is 111 cm³/mol. The van der Waals surface area contributed by atoms with E-state index in [1.54, 1.807) is 17.0 Å². The average molecular weight is 417 g/mol. The van der Waals surface area contributed by atoms with Crippen LogP contribution in [-0.4, -0.2) is 65.9 Å². The van der Waals surface area contributed by atoms with Crippen molar-refractivity contribution in [2.75, 3.05) is 39.3 Å². The van der Waals surface area contributed by atoms with Gasteiger partial charge in [0.1, 0.15) is 0 Å². The van der Waals surface area contributed by atoms with Crippen molar-refractivity contribution in [2.45, 2.75) is 13.5 Å². The van der Waals surface area contributed by atoms with Crippen molar-refractivity contribution < 1.29 is 14.3 Å². The topological polar surface area (TPSA) is 74.8 Å². The van der Waals surface area contributed by atoms with Gasteiger partial charge in [-0.1, -0.05) is 41.9 Å². The first-order valence-corrected chi connectivity index (χ1v) is 10.1. The molecule has 1 N–H and O–H groups in total. The number of aromatic nitrogens is 1. The molecule has 8 heteroatoms. The number of pyridine rings is 1. The summed E-state index contributed by atoms with van der Waals surface area (Å²) >= 11 is 6.16. The summed E-state index contributed by atoms with van der Waals surface area (Å²) in [5.74, 6) is 0.140. The van der Waals surface area contributed by atoms with Gasteiger partial charge < -0.3 is 15.0 Å². The molecule has 1 aromatic heterocycles. The first-order chi connectivity index (χ1) is 14.1. The second-order valence-corrected chi connectivity index (χ2v) is 7.15. The van der Waals surface area contributed by atoms with Crippen LogP contribution in [0.2, 0.25) is 5.02 Å². The van der Waals surface area contributed by atoms with Crippen molar-refractivity contribution in [3.8, 4) is 5.88 Å². The van der Waals surface area contributed by atoms with Gasteiger partial charge in [-0.3, -0.25) is 14.5 Å². The Morgan fingerprint density at radius 2 is 1.83 bits per heavy atom. The van der Waals surface area contributed by atoms with E-state index in [0.717, 1.165) is 5.56 Å². The first kappa shape index (κ1) is 21.1. The fraction of sp³-hybridized carbons (Fsp3) is 0.381. The number of nitrogens with one attached hydrogen (secondary N) is 1. The summed E-state index contributed by atoms with van der Waals surface area (Å²) in [6, 6.07) is 13.1. The standard InChI is InChI=1S/C21H25ClN4O3/c1-2-29-19-9-8-17(22)20(24-19)21(28)26-12-10-25(11-13-26)15-18(27)23-14-16-6-4-3-5-7-16/h3-9H,2,10-15H2,1H3,(H,23,27). The molecule has 29 heavy (non-hydrogen) atoms. The minimum atomic E-state index is -0.218. The van der Waals surface area contributed by atoms with E-state index in [2.05, 4.69) is 10.3 Å². The molecule has 3 rings (SSSR count). The van der Waals surface area contributed by atoms with Crippen molar-refractivity contribution in [3.05, 3.63) is 58.7 Å². The van der Waals surface area contributed by atoms with Gasteiger partial charge in [-0.15, -0.1) is 0 Å². The van der Waals surface area contributed by atoms with Gasteiger partial charge in [0, 0.05) is 38.8 Å². The lowest BCUT2D eigenvalue weighted by atomic mass is 10.2. The van der Waals surface area contributed by atoms with Gasteiger partial charge in [-0.25, -0.2) is 4.98 Å². The molecule has 0 radical (unpaired) electrons. The van der Waals surface area contributed by atoms with E-state index in [1.807, 2.05) is 42.2 Å². The number of amides is 2. The maximum Gasteiger partial charge on any atom is 0.274 e. The van der Waals surface area contributed by atoms with Crippen LogP contribution in [0.4, 0.5) is 0 Å². The number of halogens is 1. The molecule has 2 heterocycles. The Morgan fingerprint density at radius 1 is 1.10 bits per heavy atom. The smallest absolute Gasteiger partial charge is 0.274 e. The van der Waals surface area contributed by atoms with Crippen LogP contribution in [-0.2, 0) is 11.3 Å². The number of carbonyl (C=O) groups is 2. The van der Waals surface area contributed by atoms with E-state index in [-0.39, 0.29) is 17.5 Å². The molecule has 154 valence electrons. The van der Waals surface area contributed by atoms with E-state index in [0.29, 0.717) is 56.8 Å². The maximum absolute atomic E-state index is 12.8. The van der Waals surface area contributed by atoms with Crippen LogP contribution in [0.15, 0.2) is 42.5 Å². The summed E-state index contributed by atoms with van der Waals surface area (Å²) in [6.07, 6.45) is 0. The minimum Gasteiger partial charge on any atom is -0.478 e. The van der Waals surface area contributed by atoms with Gasteiger partial charge in [0.15, 0.2) is 5.69 Å². The second-order valence-electron chi connectivity index (χ2n) is 6.74. The zero-order chi connectivity index (χ0) is 20.6. The second kappa shape index (κ2) is 10.2. The van der Waals surface area contributed by atoms with Crippen molar-refractivity contribution in [1.82, 2.24) is 20.1 Å². The van der Waals surface area contributed by atoms with E-state index in [4.69, 9.17) is 16.3 Å². The Morgan fingerprint density at radius 3 is 2.52 bits per heavy atom. The van der Waals surface area contributed by atoms with Crippen molar-refractivity contribution in [3.63, 3.8) is 0 Å². The SMILES string of the molecule is CCOc1ccc(Cl)c(C(=O)N2CCN(CC(=O)NCc3ccccc3)CC2)n1. The van der Waals surface area contributed by atoms with Gasteiger partial charge in [-0.2, -0.15) is 0 Å². The molecule has 0 atom stereocenters. The molecule has 0 unspecified atom stereocenters.